The van der Waals surface area contributed by atoms with E-state index in [2.05, 4.69) is 30.7 Å². The van der Waals surface area contributed by atoms with Gasteiger partial charge in [-0.1, -0.05) is 11.6 Å². The fraction of sp³-hybridized carbons (Fsp3) is 0.125. The highest BCUT2D eigenvalue weighted by molar-refractivity contribution is 9.10. The molecule has 0 saturated heterocycles. The molecular formula is C16H14BrClN4O3S. The van der Waals surface area contributed by atoms with Crippen LogP contribution in [0.3, 0.4) is 0 Å². The Kier molecular flexibility index (Phi) is 5.49. The van der Waals surface area contributed by atoms with Crippen LogP contribution in [0.25, 0.3) is 0 Å². The third kappa shape index (κ3) is 4.17. The summed E-state index contributed by atoms with van der Waals surface area (Å²) in [6.07, 6.45) is 5.06. The molecule has 0 radical (unpaired) electrons. The Labute approximate surface area is 164 Å². The van der Waals surface area contributed by atoms with Gasteiger partial charge in [0.25, 0.3) is 10.0 Å². The molecule has 7 nitrogen and oxygen atoms in total. The van der Waals surface area contributed by atoms with Crippen molar-refractivity contribution in [3.05, 3.63) is 64.0 Å². The Morgan fingerprint density at radius 3 is 2.69 bits per heavy atom. The molecule has 2 aromatic heterocycles. The van der Waals surface area contributed by atoms with Crippen molar-refractivity contribution in [1.82, 2.24) is 14.8 Å². The van der Waals surface area contributed by atoms with Gasteiger partial charge < -0.3 is 4.74 Å². The lowest BCUT2D eigenvalue weighted by Gasteiger charge is -2.12. The Balaban J connectivity index is 1.85. The largest absolute Gasteiger partial charge is 0.494 e. The number of pyridine rings is 1. The van der Waals surface area contributed by atoms with E-state index in [1.165, 1.54) is 13.2 Å². The first kappa shape index (κ1) is 18.7. The first-order chi connectivity index (χ1) is 12.4. The van der Waals surface area contributed by atoms with Crippen molar-refractivity contribution < 1.29 is 13.2 Å². The minimum Gasteiger partial charge on any atom is -0.494 e. The maximum absolute atomic E-state index is 12.7. The lowest BCUT2D eigenvalue weighted by molar-refractivity contribution is 0.400. The molecule has 0 fully saturated rings. The maximum Gasteiger partial charge on any atom is 0.266 e. The zero-order chi connectivity index (χ0) is 18.7. The lowest BCUT2D eigenvalue weighted by Crippen LogP contribution is -2.15. The number of methoxy groups -OCH3 is 1. The van der Waals surface area contributed by atoms with Crippen LogP contribution in [-0.2, 0) is 16.6 Å². The predicted octanol–water partition coefficient (Wildman–Crippen LogP) is 3.55. The van der Waals surface area contributed by atoms with Gasteiger partial charge in [-0.3, -0.25) is 14.4 Å². The smallest absolute Gasteiger partial charge is 0.266 e. The lowest BCUT2D eigenvalue weighted by atomic mass is 10.3. The number of anilines is 1. The van der Waals surface area contributed by atoms with Crippen LogP contribution in [0.2, 0.25) is 5.02 Å². The van der Waals surface area contributed by atoms with Gasteiger partial charge >= 0.3 is 0 Å². The molecule has 3 rings (SSSR count). The number of hydrogen-bond acceptors (Lipinski definition) is 5. The van der Waals surface area contributed by atoms with E-state index in [4.69, 9.17) is 16.3 Å². The van der Waals surface area contributed by atoms with Gasteiger partial charge in [-0.15, -0.1) is 0 Å². The number of benzene rings is 1. The van der Waals surface area contributed by atoms with E-state index in [0.29, 0.717) is 11.0 Å². The van der Waals surface area contributed by atoms with Gasteiger partial charge in [-0.2, -0.15) is 5.10 Å². The molecular weight excluding hydrogens is 444 g/mol. The second-order valence-electron chi connectivity index (χ2n) is 5.28. The van der Waals surface area contributed by atoms with Crippen molar-refractivity contribution in [2.24, 2.45) is 0 Å². The van der Waals surface area contributed by atoms with Crippen LogP contribution in [0.5, 0.6) is 5.75 Å². The van der Waals surface area contributed by atoms with Crippen LogP contribution >= 0.6 is 27.5 Å². The van der Waals surface area contributed by atoms with Gasteiger partial charge in [0.1, 0.15) is 4.90 Å². The molecule has 0 bridgehead atoms. The number of halogens is 2. The average Bonchev–Trinajstić information content (AvgIpc) is 3.01. The minimum absolute atomic E-state index is 0.0805. The van der Waals surface area contributed by atoms with Crippen LogP contribution in [0.4, 0.5) is 5.82 Å². The molecule has 0 spiro atoms. The molecule has 0 atom stereocenters. The molecule has 0 amide bonds. The molecule has 10 heteroatoms. The van der Waals surface area contributed by atoms with E-state index in [1.54, 1.807) is 35.4 Å². The summed E-state index contributed by atoms with van der Waals surface area (Å²) < 4.78 is 35.1. The number of ether oxygens (including phenoxy) is 1. The van der Waals surface area contributed by atoms with Gasteiger partial charge in [0, 0.05) is 29.7 Å². The minimum atomic E-state index is -3.94. The molecule has 0 aliphatic carbocycles. The van der Waals surface area contributed by atoms with Crippen molar-refractivity contribution >= 4 is 43.4 Å². The molecule has 0 unspecified atom stereocenters. The van der Waals surface area contributed by atoms with Crippen LogP contribution in [0.1, 0.15) is 5.56 Å². The normalized spacial score (nSPS) is 11.3. The zero-order valence-electron chi connectivity index (χ0n) is 13.6. The number of sulfonamides is 1. The summed E-state index contributed by atoms with van der Waals surface area (Å²) in [6.45, 7) is 0.496. The summed E-state index contributed by atoms with van der Waals surface area (Å²) in [4.78, 5) is 3.88. The van der Waals surface area contributed by atoms with E-state index >= 15 is 0 Å². The first-order valence-electron chi connectivity index (χ1n) is 7.37. The highest BCUT2D eigenvalue weighted by Crippen LogP contribution is 2.36. The second kappa shape index (κ2) is 7.65. The summed E-state index contributed by atoms with van der Waals surface area (Å²) in [5.74, 6) is 0.357. The van der Waals surface area contributed by atoms with Crippen LogP contribution < -0.4 is 9.46 Å². The summed E-state index contributed by atoms with van der Waals surface area (Å²) in [7, 11) is -2.55. The molecule has 26 heavy (non-hydrogen) atoms. The molecule has 2 heterocycles. The predicted molar refractivity (Wildman–Crippen MR) is 102 cm³/mol. The molecule has 0 aliphatic rings. The van der Waals surface area contributed by atoms with Gasteiger partial charge in [0.2, 0.25) is 0 Å². The fourth-order valence-electron chi connectivity index (χ4n) is 2.31. The fourth-order valence-corrected chi connectivity index (χ4v) is 4.69. The third-order valence-electron chi connectivity index (χ3n) is 3.44. The van der Waals surface area contributed by atoms with Crippen molar-refractivity contribution in [3.8, 4) is 5.75 Å². The SMILES string of the molecule is COc1c(Br)cc(Cl)cc1S(=O)(=O)Nc1ccn(Cc2ccncc2)n1. The monoisotopic (exact) mass is 456 g/mol. The van der Waals surface area contributed by atoms with Crippen LogP contribution in [0.15, 0.2) is 58.3 Å². The molecule has 1 N–H and O–H groups in total. The van der Waals surface area contributed by atoms with E-state index < -0.39 is 10.0 Å². The molecule has 136 valence electrons. The number of nitrogens with zero attached hydrogens (tertiary/aromatic N) is 3. The van der Waals surface area contributed by atoms with Gasteiger partial charge in [0.05, 0.1) is 18.1 Å². The Morgan fingerprint density at radius 2 is 2.00 bits per heavy atom. The molecule has 0 saturated carbocycles. The Bertz CT molecular complexity index is 1030. The summed E-state index contributed by atoms with van der Waals surface area (Å²) in [5, 5.41) is 4.50. The first-order valence-corrected chi connectivity index (χ1v) is 10.0. The van der Waals surface area contributed by atoms with Crippen LogP contribution in [0, 0.1) is 0 Å². The molecule has 0 aliphatic heterocycles. The highest BCUT2D eigenvalue weighted by atomic mass is 79.9. The Hall–Kier alpha value is -2.10. The highest BCUT2D eigenvalue weighted by Gasteiger charge is 2.23. The molecule has 1 aromatic carbocycles. The average molecular weight is 458 g/mol. The van der Waals surface area contributed by atoms with Crippen molar-refractivity contribution in [2.75, 3.05) is 11.8 Å². The maximum atomic E-state index is 12.7. The zero-order valence-corrected chi connectivity index (χ0v) is 16.7. The number of nitrogens with one attached hydrogen (secondary N) is 1. The van der Waals surface area contributed by atoms with E-state index in [1.807, 2.05) is 12.1 Å². The summed E-state index contributed by atoms with van der Waals surface area (Å²) in [6, 6.07) is 8.18. The van der Waals surface area contributed by atoms with Gasteiger partial charge in [-0.05, 0) is 45.8 Å². The van der Waals surface area contributed by atoms with Gasteiger partial charge in [-0.25, -0.2) is 8.42 Å². The van der Waals surface area contributed by atoms with Gasteiger partial charge in [0.15, 0.2) is 11.6 Å². The van der Waals surface area contributed by atoms with E-state index in [0.717, 1.165) is 5.56 Å². The summed E-state index contributed by atoms with van der Waals surface area (Å²) >= 11 is 9.23. The topological polar surface area (TPSA) is 86.1 Å². The molecule has 3 aromatic rings. The van der Waals surface area contributed by atoms with Crippen molar-refractivity contribution in [2.45, 2.75) is 11.4 Å². The van der Waals surface area contributed by atoms with Crippen LogP contribution in [-0.4, -0.2) is 30.3 Å². The van der Waals surface area contributed by atoms with E-state index in [-0.39, 0.29) is 21.5 Å². The third-order valence-corrected chi connectivity index (χ3v) is 5.61. The second-order valence-corrected chi connectivity index (χ2v) is 8.22. The summed E-state index contributed by atoms with van der Waals surface area (Å²) in [5.41, 5.74) is 0.998. The number of hydrogen-bond donors (Lipinski definition) is 1. The van der Waals surface area contributed by atoms with E-state index in [9.17, 15) is 8.42 Å². The van der Waals surface area contributed by atoms with Crippen molar-refractivity contribution in [1.29, 1.82) is 0 Å². The number of aromatic nitrogens is 3. The quantitative estimate of drug-likeness (QED) is 0.612. The van der Waals surface area contributed by atoms with Crippen molar-refractivity contribution in [3.63, 3.8) is 0 Å². The number of rotatable bonds is 6. The standard InChI is InChI=1S/C16H14BrClN4O3S/c1-25-16-13(17)8-12(18)9-14(16)26(23,24)21-15-4-7-22(20-15)10-11-2-5-19-6-3-11/h2-9H,10H2,1H3,(H,20,21). The Morgan fingerprint density at radius 1 is 1.27 bits per heavy atom.